The minimum Gasteiger partial charge on any atom is -0.325 e. The molecule has 1 saturated carbocycles. The lowest BCUT2D eigenvalue weighted by Gasteiger charge is -2.21. The third-order valence-corrected chi connectivity index (χ3v) is 5.03. The van der Waals surface area contributed by atoms with Crippen molar-refractivity contribution in [3.05, 3.63) is 60.2 Å². The van der Waals surface area contributed by atoms with E-state index in [9.17, 15) is 13.2 Å². The Morgan fingerprint density at radius 2 is 1.72 bits per heavy atom. The zero-order valence-electron chi connectivity index (χ0n) is 13.8. The van der Waals surface area contributed by atoms with Crippen molar-refractivity contribution >= 4 is 21.6 Å². The maximum atomic E-state index is 12.3. The Hall–Kier alpha value is -2.22. The van der Waals surface area contributed by atoms with Crippen LogP contribution in [0.5, 0.6) is 0 Å². The molecule has 1 aliphatic carbocycles. The summed E-state index contributed by atoms with van der Waals surface area (Å²) in [7, 11) is -3.73. The lowest BCUT2D eigenvalue weighted by atomic mass is 10.2. The average molecular weight is 359 g/mol. The summed E-state index contributed by atoms with van der Waals surface area (Å²) in [6.07, 6.45) is 2.23. The quantitative estimate of drug-likeness (QED) is 0.790. The van der Waals surface area contributed by atoms with Gasteiger partial charge in [-0.15, -0.1) is 0 Å². The number of amides is 1. The van der Waals surface area contributed by atoms with Crippen LogP contribution in [0.3, 0.4) is 0 Å². The van der Waals surface area contributed by atoms with Crippen LogP contribution in [0.4, 0.5) is 5.69 Å². The second-order valence-corrected chi connectivity index (χ2v) is 7.80. The molecule has 0 aromatic heterocycles. The molecule has 1 amide bonds. The maximum absolute atomic E-state index is 12.3. The summed E-state index contributed by atoms with van der Waals surface area (Å²) in [6, 6.07) is 16.4. The summed E-state index contributed by atoms with van der Waals surface area (Å²) < 4.78 is 22.5. The number of rotatable bonds is 7. The molecule has 0 aliphatic heterocycles. The van der Waals surface area contributed by atoms with Crippen LogP contribution in [0.2, 0.25) is 0 Å². The lowest BCUT2D eigenvalue weighted by Crippen LogP contribution is -2.34. The molecule has 132 valence electrons. The number of nitrogens with zero attached hydrogens (tertiary/aromatic N) is 1. The van der Waals surface area contributed by atoms with Crippen molar-refractivity contribution < 1.29 is 13.2 Å². The standard InChI is InChI=1S/C18H21N3O3S/c19-25(23,24)17-10-6-15(7-11-17)20-18(22)13-21(16-8-9-16)12-14-4-2-1-3-5-14/h1-7,10-11,16H,8-9,12-13H2,(H,20,22)(H2,19,23,24). The highest BCUT2D eigenvalue weighted by Crippen LogP contribution is 2.28. The summed E-state index contributed by atoms with van der Waals surface area (Å²) >= 11 is 0. The maximum Gasteiger partial charge on any atom is 0.238 e. The van der Waals surface area contributed by atoms with Crippen LogP contribution in [0.25, 0.3) is 0 Å². The molecule has 3 N–H and O–H groups in total. The first-order valence-electron chi connectivity index (χ1n) is 8.12. The van der Waals surface area contributed by atoms with E-state index in [1.165, 1.54) is 29.8 Å². The third kappa shape index (κ3) is 5.12. The second-order valence-electron chi connectivity index (χ2n) is 6.24. The van der Waals surface area contributed by atoms with Crippen LogP contribution in [-0.4, -0.2) is 31.8 Å². The zero-order valence-corrected chi connectivity index (χ0v) is 14.6. The molecule has 25 heavy (non-hydrogen) atoms. The highest BCUT2D eigenvalue weighted by Gasteiger charge is 2.30. The van der Waals surface area contributed by atoms with Crippen LogP contribution >= 0.6 is 0 Å². The molecule has 0 bridgehead atoms. The SMILES string of the molecule is NS(=O)(=O)c1ccc(NC(=O)CN(Cc2ccccc2)C2CC2)cc1. The highest BCUT2D eigenvalue weighted by molar-refractivity contribution is 7.89. The van der Waals surface area contributed by atoms with E-state index in [1.54, 1.807) is 0 Å². The summed E-state index contributed by atoms with van der Waals surface area (Å²) in [5.74, 6) is -0.119. The van der Waals surface area contributed by atoms with E-state index < -0.39 is 10.0 Å². The molecule has 1 aliphatic rings. The first-order valence-corrected chi connectivity index (χ1v) is 9.67. The van der Waals surface area contributed by atoms with Crippen LogP contribution in [-0.2, 0) is 21.4 Å². The monoisotopic (exact) mass is 359 g/mol. The molecule has 0 atom stereocenters. The predicted molar refractivity (Wildman–Crippen MR) is 96.3 cm³/mol. The molecule has 1 fully saturated rings. The minimum atomic E-state index is -3.73. The van der Waals surface area contributed by atoms with Gasteiger partial charge in [-0.2, -0.15) is 0 Å². The van der Waals surface area contributed by atoms with Gasteiger partial charge in [0.05, 0.1) is 11.4 Å². The van der Waals surface area contributed by atoms with Gasteiger partial charge in [-0.05, 0) is 42.7 Å². The Morgan fingerprint density at radius 3 is 2.28 bits per heavy atom. The van der Waals surface area contributed by atoms with Crippen molar-refractivity contribution in [2.24, 2.45) is 5.14 Å². The summed E-state index contributed by atoms with van der Waals surface area (Å²) in [4.78, 5) is 14.5. The zero-order chi connectivity index (χ0) is 17.9. The molecule has 2 aromatic carbocycles. The van der Waals surface area contributed by atoms with E-state index in [-0.39, 0.29) is 10.8 Å². The number of sulfonamides is 1. The highest BCUT2D eigenvalue weighted by atomic mass is 32.2. The Kier molecular flexibility index (Phi) is 5.17. The number of benzene rings is 2. The number of nitrogens with one attached hydrogen (secondary N) is 1. The number of anilines is 1. The fourth-order valence-electron chi connectivity index (χ4n) is 2.68. The molecular formula is C18H21N3O3S. The molecule has 0 unspecified atom stereocenters. The van der Waals surface area contributed by atoms with Crippen LogP contribution in [0.1, 0.15) is 18.4 Å². The third-order valence-electron chi connectivity index (χ3n) is 4.11. The molecule has 2 aromatic rings. The van der Waals surface area contributed by atoms with Gasteiger partial charge in [0.1, 0.15) is 0 Å². The number of nitrogens with two attached hydrogens (primary N) is 1. The summed E-state index contributed by atoms with van der Waals surface area (Å²) in [5.41, 5.74) is 1.73. The van der Waals surface area contributed by atoms with Crippen LogP contribution < -0.4 is 10.5 Å². The van der Waals surface area contributed by atoms with E-state index in [0.29, 0.717) is 18.3 Å². The first-order chi connectivity index (χ1) is 11.9. The molecular weight excluding hydrogens is 338 g/mol. The van der Waals surface area contributed by atoms with Crippen LogP contribution in [0.15, 0.2) is 59.5 Å². The van der Waals surface area contributed by atoms with E-state index in [0.717, 1.165) is 19.4 Å². The van der Waals surface area contributed by atoms with Crippen molar-refractivity contribution in [3.63, 3.8) is 0 Å². The van der Waals surface area contributed by atoms with Gasteiger partial charge in [0.15, 0.2) is 0 Å². The van der Waals surface area contributed by atoms with E-state index in [1.807, 2.05) is 18.2 Å². The second kappa shape index (κ2) is 7.35. The van der Waals surface area contributed by atoms with Crippen molar-refractivity contribution in [2.45, 2.75) is 30.3 Å². The Balaban J connectivity index is 1.60. The molecule has 0 saturated heterocycles. The smallest absolute Gasteiger partial charge is 0.238 e. The van der Waals surface area contributed by atoms with Crippen molar-refractivity contribution in [1.29, 1.82) is 0 Å². The summed E-state index contributed by atoms with van der Waals surface area (Å²) in [5, 5.41) is 7.87. The largest absolute Gasteiger partial charge is 0.325 e. The average Bonchev–Trinajstić information content (AvgIpc) is 3.40. The number of carbonyl (C=O) groups excluding carboxylic acids is 1. The fourth-order valence-corrected chi connectivity index (χ4v) is 3.20. The molecule has 3 rings (SSSR count). The fraction of sp³-hybridized carbons (Fsp3) is 0.278. The number of carbonyl (C=O) groups is 1. The van der Waals surface area contributed by atoms with Crippen molar-refractivity contribution in [3.8, 4) is 0 Å². The summed E-state index contributed by atoms with van der Waals surface area (Å²) in [6.45, 7) is 1.04. The predicted octanol–water partition coefficient (Wildman–Crippen LogP) is 1.94. The number of hydrogen-bond donors (Lipinski definition) is 2. The van der Waals surface area contributed by atoms with E-state index in [2.05, 4.69) is 22.3 Å². The molecule has 0 radical (unpaired) electrons. The van der Waals surface area contributed by atoms with Gasteiger partial charge in [0, 0.05) is 18.3 Å². The Bertz CT molecular complexity index is 832. The Morgan fingerprint density at radius 1 is 1.08 bits per heavy atom. The molecule has 0 spiro atoms. The van der Waals surface area contributed by atoms with Gasteiger partial charge >= 0.3 is 0 Å². The number of hydrogen-bond acceptors (Lipinski definition) is 4. The normalized spacial score (nSPS) is 14.5. The van der Waals surface area contributed by atoms with Crippen molar-refractivity contribution in [1.82, 2.24) is 4.90 Å². The van der Waals surface area contributed by atoms with Crippen molar-refractivity contribution in [2.75, 3.05) is 11.9 Å². The van der Waals surface area contributed by atoms with Gasteiger partial charge in [0.2, 0.25) is 15.9 Å². The van der Waals surface area contributed by atoms with Gasteiger partial charge in [-0.25, -0.2) is 13.6 Å². The first kappa shape index (κ1) is 17.6. The van der Waals surface area contributed by atoms with Gasteiger partial charge in [-0.3, -0.25) is 9.69 Å². The lowest BCUT2D eigenvalue weighted by molar-refractivity contribution is -0.117. The molecule has 6 nitrogen and oxygen atoms in total. The number of primary sulfonamides is 1. The van der Waals surface area contributed by atoms with E-state index in [4.69, 9.17) is 5.14 Å². The van der Waals surface area contributed by atoms with Gasteiger partial charge < -0.3 is 5.32 Å². The molecule has 0 heterocycles. The minimum absolute atomic E-state index is 0.0224. The van der Waals surface area contributed by atoms with E-state index >= 15 is 0 Å². The van der Waals surface area contributed by atoms with Crippen LogP contribution in [0, 0.1) is 0 Å². The Labute approximate surface area is 147 Å². The topological polar surface area (TPSA) is 92.5 Å². The van der Waals surface area contributed by atoms with Gasteiger partial charge in [-0.1, -0.05) is 30.3 Å². The molecule has 7 heteroatoms. The van der Waals surface area contributed by atoms with Gasteiger partial charge in [0.25, 0.3) is 0 Å².